The molecule has 0 N–H and O–H groups in total. The van der Waals surface area contributed by atoms with Gasteiger partial charge in [-0.2, -0.15) is 13.2 Å². The monoisotopic (exact) mass is 591 g/mol. The lowest BCUT2D eigenvalue weighted by atomic mass is 10.0. The molecule has 0 aliphatic heterocycles. The van der Waals surface area contributed by atoms with E-state index in [2.05, 4.69) is 43.8 Å². The molecule has 1 aromatic carbocycles. The van der Waals surface area contributed by atoms with Gasteiger partial charge in [0, 0.05) is 11.6 Å². The van der Waals surface area contributed by atoms with Crippen molar-refractivity contribution < 1.29 is 31.9 Å². The maximum Gasteiger partial charge on any atom is 0.416 e. The summed E-state index contributed by atoms with van der Waals surface area (Å²) < 4.78 is 59.6. The van der Waals surface area contributed by atoms with Crippen LogP contribution < -0.4 is 4.74 Å². The predicted octanol–water partition coefficient (Wildman–Crippen LogP) is 7.95. The maximum atomic E-state index is 13.6. The number of halogens is 3. The Morgan fingerprint density at radius 1 is 1.12 bits per heavy atom. The fourth-order valence-electron chi connectivity index (χ4n) is 3.84. The van der Waals surface area contributed by atoms with Gasteiger partial charge in [-0.05, 0) is 37.2 Å². The van der Waals surface area contributed by atoms with Crippen LogP contribution in [0, 0.1) is 0 Å². The summed E-state index contributed by atoms with van der Waals surface area (Å²) >= 11 is 1.09. The average Bonchev–Trinajstić information content (AvgIpc) is 3.49. The lowest BCUT2D eigenvalue weighted by Gasteiger charge is -2.36. The summed E-state index contributed by atoms with van der Waals surface area (Å²) in [6, 6.07) is 8.66. The van der Waals surface area contributed by atoms with E-state index in [9.17, 15) is 18.0 Å². The maximum absolute atomic E-state index is 13.6. The molecule has 214 valence electrons. The molecule has 3 aromatic heterocycles. The molecule has 4 rings (SSSR count). The molecule has 0 amide bonds. The molecule has 0 aliphatic rings. The highest BCUT2D eigenvalue weighted by molar-refractivity contribution is 7.16. The molecule has 0 fully saturated rings. The van der Waals surface area contributed by atoms with E-state index in [-0.39, 0.29) is 21.2 Å². The minimum Gasteiger partial charge on any atom is -0.484 e. The van der Waals surface area contributed by atoms with E-state index in [0.29, 0.717) is 22.6 Å². The van der Waals surface area contributed by atoms with Crippen molar-refractivity contribution in [3.8, 4) is 10.8 Å². The second-order valence-electron chi connectivity index (χ2n) is 10.9. The molecule has 0 spiro atoms. The molecular weight excluding hydrogens is 559 g/mol. The van der Waals surface area contributed by atoms with E-state index >= 15 is 0 Å². The molecule has 0 saturated heterocycles. The Balaban J connectivity index is 1.64. The topological polar surface area (TPSA) is 75.5 Å². The van der Waals surface area contributed by atoms with Gasteiger partial charge in [0.05, 0.1) is 42.2 Å². The third-order valence-electron chi connectivity index (χ3n) is 7.18. The number of methoxy groups -OCH3 is 1. The number of hydrogen-bond donors (Lipinski definition) is 0. The summed E-state index contributed by atoms with van der Waals surface area (Å²) in [5.74, 6) is -0.541. The Bertz CT molecular complexity index is 1530. The van der Waals surface area contributed by atoms with Gasteiger partial charge in [-0.15, -0.1) is 11.3 Å². The van der Waals surface area contributed by atoms with Gasteiger partial charge >= 0.3 is 12.1 Å². The molecule has 1 atom stereocenters. The van der Waals surface area contributed by atoms with Crippen molar-refractivity contribution in [3.05, 3.63) is 70.6 Å². The first-order valence-corrected chi connectivity index (χ1v) is 16.4. The number of fused-ring (bicyclic) bond motifs is 1. The van der Waals surface area contributed by atoms with Crippen molar-refractivity contribution in [1.29, 1.82) is 0 Å². The third kappa shape index (κ3) is 6.08. The van der Waals surface area contributed by atoms with Crippen molar-refractivity contribution in [2.45, 2.75) is 64.7 Å². The van der Waals surface area contributed by atoms with Gasteiger partial charge in [-0.3, -0.25) is 9.55 Å². The van der Waals surface area contributed by atoms with Crippen LogP contribution in [0.1, 0.15) is 60.3 Å². The lowest BCUT2D eigenvalue weighted by Crippen LogP contribution is -2.40. The van der Waals surface area contributed by atoms with Crippen LogP contribution in [0.3, 0.4) is 0 Å². The predicted molar refractivity (Wildman–Crippen MR) is 151 cm³/mol. The van der Waals surface area contributed by atoms with Crippen molar-refractivity contribution in [2.24, 2.45) is 0 Å². The van der Waals surface area contributed by atoms with Crippen LogP contribution in [0.2, 0.25) is 18.1 Å². The van der Waals surface area contributed by atoms with E-state index in [1.54, 1.807) is 23.2 Å². The number of carbonyl (C=O) groups is 1. The Morgan fingerprint density at radius 2 is 1.82 bits per heavy atom. The zero-order valence-corrected chi connectivity index (χ0v) is 25.2. The van der Waals surface area contributed by atoms with E-state index in [1.807, 2.05) is 6.07 Å². The highest BCUT2D eigenvalue weighted by Gasteiger charge is 2.37. The van der Waals surface area contributed by atoms with E-state index in [1.165, 1.54) is 32.2 Å². The van der Waals surface area contributed by atoms with E-state index < -0.39 is 32.1 Å². The minimum absolute atomic E-state index is 0.0386. The number of ether oxygens (including phenoxy) is 2. The van der Waals surface area contributed by atoms with Crippen molar-refractivity contribution in [1.82, 2.24) is 14.5 Å². The molecule has 4 aromatic rings. The summed E-state index contributed by atoms with van der Waals surface area (Å²) in [4.78, 5) is 21.8. The number of aromatic nitrogens is 3. The smallest absolute Gasteiger partial charge is 0.416 e. The van der Waals surface area contributed by atoms with Gasteiger partial charge in [0.1, 0.15) is 23.2 Å². The van der Waals surface area contributed by atoms with Crippen LogP contribution in [0.15, 0.2) is 48.9 Å². The molecule has 12 heteroatoms. The fourth-order valence-corrected chi connectivity index (χ4v) is 5.78. The Kier molecular flexibility index (Phi) is 8.17. The van der Waals surface area contributed by atoms with Crippen LogP contribution in [-0.4, -0.2) is 35.9 Å². The summed E-state index contributed by atoms with van der Waals surface area (Å²) in [7, 11) is -0.723. The van der Waals surface area contributed by atoms with Gasteiger partial charge in [0.15, 0.2) is 13.2 Å². The number of thiophene rings is 1. The highest BCUT2D eigenvalue weighted by Crippen LogP contribution is 2.40. The normalized spacial score (nSPS) is 13.4. The standard InChI is InChI=1S/C28H32F3N3O4SSi/c1-17(19-10-8-9-11-20(19)28(29,30)31)38-23-13-24(39-25(23)26(35)36-5)34-16-33-21-12-18(32-14-22(21)34)15-37-40(6,7)27(2,3)4/h8-14,16-17H,15H2,1-7H3/t17-/m0/s1. The van der Waals surface area contributed by atoms with Crippen LogP contribution in [0.4, 0.5) is 13.2 Å². The van der Waals surface area contributed by atoms with Gasteiger partial charge in [-0.25, -0.2) is 9.78 Å². The van der Waals surface area contributed by atoms with Crippen LogP contribution in [-0.2, 0) is 21.9 Å². The van der Waals surface area contributed by atoms with Crippen LogP contribution in [0.25, 0.3) is 16.0 Å². The molecule has 0 aliphatic carbocycles. The largest absolute Gasteiger partial charge is 0.484 e. The zero-order valence-electron chi connectivity index (χ0n) is 23.4. The van der Waals surface area contributed by atoms with Gasteiger partial charge in [0.2, 0.25) is 0 Å². The summed E-state index contributed by atoms with van der Waals surface area (Å²) in [5, 5.41) is 0.641. The molecular formula is C28H32F3N3O4SSi. The number of imidazole rings is 1. The minimum atomic E-state index is -4.55. The lowest BCUT2D eigenvalue weighted by molar-refractivity contribution is -0.139. The molecule has 3 heterocycles. The summed E-state index contributed by atoms with van der Waals surface area (Å²) in [6.45, 7) is 12.8. The first-order chi connectivity index (χ1) is 18.6. The zero-order chi connectivity index (χ0) is 29.5. The van der Waals surface area contributed by atoms with Crippen molar-refractivity contribution in [3.63, 3.8) is 0 Å². The molecule has 0 unspecified atom stereocenters. The Morgan fingerprint density at radius 3 is 2.48 bits per heavy atom. The Hall–Kier alpha value is -3.22. The van der Waals surface area contributed by atoms with Gasteiger partial charge < -0.3 is 13.9 Å². The third-order valence-corrected chi connectivity index (χ3v) is 12.8. The quantitative estimate of drug-likeness (QED) is 0.153. The van der Waals surface area contributed by atoms with E-state index in [0.717, 1.165) is 23.1 Å². The number of alkyl halides is 3. The molecule has 40 heavy (non-hydrogen) atoms. The van der Waals surface area contributed by atoms with Crippen LogP contribution >= 0.6 is 11.3 Å². The second kappa shape index (κ2) is 11.0. The number of carbonyl (C=O) groups excluding carboxylic acids is 1. The first-order valence-electron chi connectivity index (χ1n) is 12.6. The number of rotatable bonds is 8. The van der Waals surface area contributed by atoms with Gasteiger partial charge in [0.25, 0.3) is 0 Å². The first kappa shape index (κ1) is 29.8. The second-order valence-corrected chi connectivity index (χ2v) is 16.8. The summed E-state index contributed by atoms with van der Waals surface area (Å²) in [6.07, 6.45) is -2.25. The number of esters is 1. The van der Waals surface area contributed by atoms with Crippen LogP contribution in [0.5, 0.6) is 5.75 Å². The van der Waals surface area contributed by atoms with Crippen molar-refractivity contribution in [2.75, 3.05) is 7.11 Å². The number of hydrogen-bond acceptors (Lipinski definition) is 7. The average molecular weight is 592 g/mol. The SMILES string of the molecule is COC(=O)c1sc(-n2cnc3cc(CO[Si](C)(C)C(C)(C)C)ncc32)cc1O[C@@H](C)c1ccccc1C(F)(F)F. The van der Waals surface area contributed by atoms with Crippen molar-refractivity contribution >= 4 is 36.7 Å². The Labute approximate surface area is 236 Å². The molecule has 0 bridgehead atoms. The summed E-state index contributed by atoms with van der Waals surface area (Å²) in [5.41, 5.74) is 1.30. The van der Waals surface area contributed by atoms with E-state index in [4.69, 9.17) is 13.9 Å². The fraction of sp³-hybridized carbons (Fsp3) is 0.393. The number of pyridine rings is 1. The molecule has 0 radical (unpaired) electrons. The highest BCUT2D eigenvalue weighted by atomic mass is 32.1. The van der Waals surface area contributed by atoms with Gasteiger partial charge in [-0.1, -0.05) is 39.0 Å². The molecule has 7 nitrogen and oxygen atoms in total. The number of nitrogens with zero attached hydrogens (tertiary/aromatic N) is 3. The number of benzene rings is 1. The molecule has 0 saturated carbocycles.